The van der Waals surface area contributed by atoms with Gasteiger partial charge in [-0.05, 0) is 18.4 Å². The number of alkyl carbamates (subject to hydrolysis) is 1. The lowest BCUT2D eigenvalue weighted by Crippen LogP contribution is -2.49. The van der Waals surface area contributed by atoms with Crippen LogP contribution in [0.3, 0.4) is 0 Å². The van der Waals surface area contributed by atoms with Crippen molar-refractivity contribution in [2.45, 2.75) is 37.4 Å². The van der Waals surface area contributed by atoms with Crippen LogP contribution in [0.5, 0.6) is 0 Å². The summed E-state index contributed by atoms with van der Waals surface area (Å²) in [7, 11) is 0. The van der Waals surface area contributed by atoms with Gasteiger partial charge in [-0.25, -0.2) is 4.79 Å². The highest BCUT2D eigenvalue weighted by atomic mass is 16.7. The number of nitrogens with one attached hydrogen (secondary N) is 1. The highest BCUT2D eigenvalue weighted by Gasteiger charge is 2.44. The van der Waals surface area contributed by atoms with Gasteiger partial charge in [0.25, 0.3) is 0 Å². The molecule has 7 heteroatoms. The van der Waals surface area contributed by atoms with E-state index in [2.05, 4.69) is 5.32 Å². The lowest BCUT2D eigenvalue weighted by atomic mass is 10.0. The lowest BCUT2D eigenvalue weighted by Gasteiger charge is -2.24. The molecule has 2 aliphatic rings. The van der Waals surface area contributed by atoms with Crippen LogP contribution in [0.2, 0.25) is 0 Å². The second kappa shape index (κ2) is 7.94. The summed E-state index contributed by atoms with van der Waals surface area (Å²) >= 11 is 0. The maximum absolute atomic E-state index is 12.2. The van der Waals surface area contributed by atoms with Gasteiger partial charge in [0, 0.05) is 6.54 Å². The molecular formula is C17H24N2O5. The standard InChI is InChI=1S/C17H24N2O5/c18-9-14(20)13(8-11-4-2-1-3-5-11)19-17(21)24-15-10-23-16-12(15)6-7-22-16/h1-5,12-16,20H,6-10,18H2,(H,19,21)/t12-,13+,14+,15-,16+/m1/s1. The van der Waals surface area contributed by atoms with Gasteiger partial charge in [-0.2, -0.15) is 0 Å². The Labute approximate surface area is 141 Å². The predicted octanol–water partition coefficient (Wildman–Crippen LogP) is 0.405. The average molecular weight is 336 g/mol. The Morgan fingerprint density at radius 3 is 2.92 bits per heavy atom. The zero-order chi connectivity index (χ0) is 16.9. The van der Waals surface area contributed by atoms with Crippen molar-refractivity contribution in [3.05, 3.63) is 35.9 Å². The van der Waals surface area contributed by atoms with Crippen LogP contribution in [0.4, 0.5) is 4.79 Å². The van der Waals surface area contributed by atoms with Crippen molar-refractivity contribution in [3.63, 3.8) is 0 Å². The molecule has 2 aliphatic heterocycles. The molecule has 0 spiro atoms. The molecule has 0 bridgehead atoms. The fraction of sp³-hybridized carbons (Fsp3) is 0.588. The van der Waals surface area contributed by atoms with Gasteiger partial charge in [0.1, 0.15) is 6.10 Å². The van der Waals surface area contributed by atoms with Crippen molar-refractivity contribution in [1.82, 2.24) is 5.32 Å². The number of rotatable bonds is 6. The predicted molar refractivity (Wildman–Crippen MR) is 86.2 cm³/mol. The van der Waals surface area contributed by atoms with Gasteiger partial charge < -0.3 is 30.4 Å². The van der Waals surface area contributed by atoms with Crippen molar-refractivity contribution in [2.75, 3.05) is 19.8 Å². The maximum atomic E-state index is 12.2. The Kier molecular flexibility index (Phi) is 5.68. The average Bonchev–Trinajstić information content (AvgIpc) is 3.19. The van der Waals surface area contributed by atoms with E-state index in [1.54, 1.807) is 0 Å². The number of carbonyl (C=O) groups is 1. The molecule has 132 valence electrons. The van der Waals surface area contributed by atoms with Crippen LogP contribution in [0.25, 0.3) is 0 Å². The van der Waals surface area contributed by atoms with Gasteiger partial charge in [-0.1, -0.05) is 30.3 Å². The van der Waals surface area contributed by atoms with E-state index in [1.165, 1.54) is 0 Å². The summed E-state index contributed by atoms with van der Waals surface area (Å²) < 4.78 is 16.4. The molecule has 1 aromatic rings. The van der Waals surface area contributed by atoms with Gasteiger partial charge in [0.2, 0.25) is 0 Å². The van der Waals surface area contributed by atoms with Crippen molar-refractivity contribution in [2.24, 2.45) is 11.7 Å². The molecule has 4 N–H and O–H groups in total. The van der Waals surface area contributed by atoms with E-state index >= 15 is 0 Å². The maximum Gasteiger partial charge on any atom is 0.407 e. The number of aliphatic hydroxyl groups excluding tert-OH is 1. The minimum absolute atomic E-state index is 0.0584. The number of amides is 1. The minimum Gasteiger partial charge on any atom is -0.443 e. The second-order valence-electron chi connectivity index (χ2n) is 6.21. The Hall–Kier alpha value is -1.67. The Bertz CT molecular complexity index is 541. The molecule has 0 saturated carbocycles. The zero-order valence-electron chi connectivity index (χ0n) is 13.5. The van der Waals surface area contributed by atoms with Crippen molar-refractivity contribution < 1.29 is 24.1 Å². The van der Waals surface area contributed by atoms with Crippen molar-refractivity contribution >= 4 is 6.09 Å². The Balaban J connectivity index is 1.56. The highest BCUT2D eigenvalue weighted by molar-refractivity contribution is 5.68. The van der Waals surface area contributed by atoms with Crippen LogP contribution in [0, 0.1) is 5.92 Å². The first-order valence-corrected chi connectivity index (χ1v) is 8.30. The third kappa shape index (κ3) is 4.05. The van der Waals surface area contributed by atoms with Crippen LogP contribution in [-0.2, 0) is 20.6 Å². The van der Waals surface area contributed by atoms with Crippen molar-refractivity contribution in [1.29, 1.82) is 0 Å². The van der Waals surface area contributed by atoms with E-state index in [1.807, 2.05) is 30.3 Å². The third-order valence-corrected chi connectivity index (χ3v) is 4.55. The van der Waals surface area contributed by atoms with Crippen LogP contribution < -0.4 is 11.1 Å². The summed E-state index contributed by atoms with van der Waals surface area (Å²) in [4.78, 5) is 12.2. The van der Waals surface area contributed by atoms with E-state index in [-0.39, 0.29) is 24.9 Å². The number of aliphatic hydroxyl groups is 1. The number of ether oxygens (including phenoxy) is 3. The molecular weight excluding hydrogens is 312 g/mol. The van der Waals surface area contributed by atoms with E-state index in [9.17, 15) is 9.90 Å². The zero-order valence-corrected chi connectivity index (χ0v) is 13.5. The van der Waals surface area contributed by atoms with E-state index < -0.39 is 18.2 Å². The largest absolute Gasteiger partial charge is 0.443 e. The van der Waals surface area contributed by atoms with E-state index in [0.717, 1.165) is 12.0 Å². The number of hydrogen-bond acceptors (Lipinski definition) is 6. The molecule has 2 saturated heterocycles. The number of nitrogens with two attached hydrogens (primary N) is 1. The summed E-state index contributed by atoms with van der Waals surface area (Å²) in [6.45, 7) is 1.02. The molecule has 0 aromatic heterocycles. The molecule has 0 radical (unpaired) electrons. The van der Waals surface area contributed by atoms with Gasteiger partial charge in [-0.15, -0.1) is 0 Å². The van der Waals surface area contributed by atoms with Crippen LogP contribution in [0.1, 0.15) is 12.0 Å². The smallest absolute Gasteiger partial charge is 0.407 e. The summed E-state index contributed by atoms with van der Waals surface area (Å²) in [5.41, 5.74) is 6.56. The lowest BCUT2D eigenvalue weighted by molar-refractivity contribution is -0.0907. The molecule has 24 heavy (non-hydrogen) atoms. The van der Waals surface area contributed by atoms with Gasteiger partial charge in [0.15, 0.2) is 6.29 Å². The summed E-state index contributed by atoms with van der Waals surface area (Å²) in [6.07, 6.45) is -0.696. The first-order chi connectivity index (χ1) is 11.7. The number of fused-ring (bicyclic) bond motifs is 1. The highest BCUT2D eigenvalue weighted by Crippen LogP contribution is 2.32. The van der Waals surface area contributed by atoms with E-state index in [4.69, 9.17) is 19.9 Å². The molecule has 0 unspecified atom stereocenters. The van der Waals surface area contributed by atoms with Gasteiger partial charge >= 0.3 is 6.09 Å². The molecule has 2 heterocycles. The molecule has 1 amide bonds. The summed E-state index contributed by atoms with van der Waals surface area (Å²) in [5.74, 6) is 0.0859. The first kappa shape index (κ1) is 17.2. The van der Waals surface area contributed by atoms with E-state index in [0.29, 0.717) is 19.6 Å². The topological polar surface area (TPSA) is 103 Å². The molecule has 2 fully saturated rings. The molecule has 5 atom stereocenters. The van der Waals surface area contributed by atoms with Crippen LogP contribution in [-0.4, -0.2) is 55.5 Å². The molecule has 7 nitrogen and oxygen atoms in total. The Morgan fingerprint density at radius 2 is 2.17 bits per heavy atom. The number of carbonyl (C=O) groups excluding carboxylic acids is 1. The SMILES string of the molecule is NC[C@H](O)[C@H](Cc1ccccc1)NC(=O)O[C@@H]1CO[C@@H]2OCC[C@@H]21. The fourth-order valence-corrected chi connectivity index (χ4v) is 3.19. The molecule has 1 aromatic carbocycles. The van der Waals surface area contributed by atoms with Crippen LogP contribution in [0.15, 0.2) is 30.3 Å². The summed E-state index contributed by atoms with van der Waals surface area (Å²) in [5, 5.41) is 12.8. The molecule has 0 aliphatic carbocycles. The third-order valence-electron chi connectivity index (χ3n) is 4.55. The monoisotopic (exact) mass is 336 g/mol. The van der Waals surface area contributed by atoms with Crippen LogP contribution >= 0.6 is 0 Å². The van der Waals surface area contributed by atoms with Gasteiger partial charge in [-0.3, -0.25) is 0 Å². The van der Waals surface area contributed by atoms with Crippen molar-refractivity contribution in [3.8, 4) is 0 Å². The number of benzene rings is 1. The fourth-order valence-electron chi connectivity index (χ4n) is 3.19. The summed E-state index contributed by atoms with van der Waals surface area (Å²) in [6, 6.07) is 9.11. The second-order valence-corrected chi connectivity index (χ2v) is 6.21. The van der Waals surface area contributed by atoms with Gasteiger partial charge in [0.05, 0.1) is 31.3 Å². The first-order valence-electron chi connectivity index (χ1n) is 8.30. The molecule has 3 rings (SSSR count). The normalized spacial score (nSPS) is 28.2. The Morgan fingerprint density at radius 1 is 1.38 bits per heavy atom. The minimum atomic E-state index is -0.847. The number of hydrogen-bond donors (Lipinski definition) is 3. The quantitative estimate of drug-likeness (QED) is 0.695.